The number of carbonyl (C=O) groups is 1. The zero-order chi connectivity index (χ0) is 17.3. The molecular weight excluding hydrogens is 346 g/mol. The van der Waals surface area contributed by atoms with Crippen molar-refractivity contribution in [3.8, 4) is 0 Å². The quantitative estimate of drug-likeness (QED) is 0.872. The van der Waals surface area contributed by atoms with Gasteiger partial charge < -0.3 is 5.32 Å². The maximum absolute atomic E-state index is 12.5. The van der Waals surface area contributed by atoms with Gasteiger partial charge in [-0.15, -0.1) is 11.3 Å². The second-order valence-corrected chi connectivity index (χ2v) is 8.81. The lowest BCUT2D eigenvalue weighted by atomic mass is 9.93. The van der Waals surface area contributed by atoms with E-state index in [2.05, 4.69) is 21.9 Å². The number of aryl methyl sites for hydroxylation is 1. The Morgan fingerprint density at radius 2 is 2.00 bits per heavy atom. The molecule has 1 amide bonds. The SMILES string of the molecule is CC(=O)Nc1ccc(S(=O)(=O)Nc2nc3c(s2)CC(C)CC3)cc1. The van der Waals surface area contributed by atoms with Gasteiger partial charge in [-0.3, -0.25) is 9.52 Å². The highest BCUT2D eigenvalue weighted by atomic mass is 32.2. The highest BCUT2D eigenvalue weighted by molar-refractivity contribution is 7.93. The minimum Gasteiger partial charge on any atom is -0.326 e. The summed E-state index contributed by atoms with van der Waals surface area (Å²) in [5.41, 5.74) is 1.57. The fourth-order valence-electron chi connectivity index (χ4n) is 2.68. The third-order valence-electron chi connectivity index (χ3n) is 3.89. The molecule has 8 heteroatoms. The van der Waals surface area contributed by atoms with Crippen molar-refractivity contribution < 1.29 is 13.2 Å². The van der Waals surface area contributed by atoms with E-state index in [1.54, 1.807) is 12.1 Å². The van der Waals surface area contributed by atoms with E-state index in [0.717, 1.165) is 25.0 Å². The van der Waals surface area contributed by atoms with Crippen LogP contribution < -0.4 is 10.0 Å². The van der Waals surface area contributed by atoms with Crippen LogP contribution in [0, 0.1) is 5.92 Å². The van der Waals surface area contributed by atoms with Crippen LogP contribution in [0.5, 0.6) is 0 Å². The summed E-state index contributed by atoms with van der Waals surface area (Å²) in [5, 5.41) is 3.02. The molecule has 0 bridgehead atoms. The molecule has 1 aliphatic rings. The van der Waals surface area contributed by atoms with Crippen molar-refractivity contribution in [2.24, 2.45) is 5.92 Å². The van der Waals surface area contributed by atoms with Crippen LogP contribution in [0.15, 0.2) is 29.2 Å². The number of hydrogen-bond acceptors (Lipinski definition) is 5. The largest absolute Gasteiger partial charge is 0.326 e. The van der Waals surface area contributed by atoms with E-state index >= 15 is 0 Å². The molecule has 1 atom stereocenters. The molecular formula is C16H19N3O3S2. The van der Waals surface area contributed by atoms with Gasteiger partial charge in [0.2, 0.25) is 5.91 Å². The third kappa shape index (κ3) is 3.76. The zero-order valence-electron chi connectivity index (χ0n) is 13.5. The number of rotatable bonds is 4. The lowest BCUT2D eigenvalue weighted by molar-refractivity contribution is -0.114. The number of fused-ring (bicyclic) bond motifs is 1. The molecule has 1 aromatic carbocycles. The summed E-state index contributed by atoms with van der Waals surface area (Å²) >= 11 is 1.41. The number of hydrogen-bond donors (Lipinski definition) is 2. The van der Waals surface area contributed by atoms with Crippen LogP contribution in [0.1, 0.15) is 30.8 Å². The molecule has 3 rings (SSSR count). The molecule has 0 radical (unpaired) electrons. The molecule has 0 saturated carbocycles. The average Bonchev–Trinajstić information content (AvgIpc) is 2.87. The van der Waals surface area contributed by atoms with E-state index in [1.165, 1.54) is 35.3 Å². The molecule has 0 saturated heterocycles. The highest BCUT2D eigenvalue weighted by Gasteiger charge is 2.22. The first kappa shape index (κ1) is 16.9. The molecule has 1 heterocycles. The van der Waals surface area contributed by atoms with Crippen LogP contribution in [0.4, 0.5) is 10.8 Å². The van der Waals surface area contributed by atoms with Gasteiger partial charge in [-0.05, 0) is 49.4 Å². The number of amides is 1. The first-order valence-corrected chi connectivity index (χ1v) is 10.0. The predicted octanol–water partition coefficient (Wildman–Crippen LogP) is 3.03. The average molecular weight is 365 g/mol. The van der Waals surface area contributed by atoms with Gasteiger partial charge in [0.05, 0.1) is 10.6 Å². The summed E-state index contributed by atoms with van der Waals surface area (Å²) in [6, 6.07) is 6.04. The normalized spacial score (nSPS) is 17.2. The Labute approximate surface area is 145 Å². The van der Waals surface area contributed by atoms with E-state index < -0.39 is 10.0 Å². The predicted molar refractivity (Wildman–Crippen MR) is 94.9 cm³/mol. The maximum atomic E-state index is 12.5. The van der Waals surface area contributed by atoms with Crippen LogP contribution >= 0.6 is 11.3 Å². The van der Waals surface area contributed by atoms with Crippen LogP contribution in [-0.4, -0.2) is 19.3 Å². The van der Waals surface area contributed by atoms with Gasteiger partial charge in [-0.1, -0.05) is 6.92 Å². The smallest absolute Gasteiger partial charge is 0.263 e. The molecule has 0 fully saturated rings. The lowest BCUT2D eigenvalue weighted by Crippen LogP contribution is -2.13. The van der Waals surface area contributed by atoms with E-state index in [0.29, 0.717) is 16.7 Å². The number of benzene rings is 1. The van der Waals surface area contributed by atoms with Gasteiger partial charge >= 0.3 is 0 Å². The number of thiazole rings is 1. The molecule has 128 valence electrons. The first-order valence-electron chi connectivity index (χ1n) is 7.72. The third-order valence-corrected chi connectivity index (χ3v) is 6.41. The summed E-state index contributed by atoms with van der Waals surface area (Å²) < 4.78 is 27.5. The Bertz CT molecular complexity index is 857. The van der Waals surface area contributed by atoms with Crippen molar-refractivity contribution in [1.82, 2.24) is 4.98 Å². The summed E-state index contributed by atoms with van der Waals surface area (Å²) in [7, 11) is -3.69. The number of sulfonamides is 1. The number of anilines is 2. The lowest BCUT2D eigenvalue weighted by Gasteiger charge is -2.15. The fourth-order valence-corrected chi connectivity index (χ4v) is 5.08. The molecule has 1 aliphatic carbocycles. The van der Waals surface area contributed by atoms with Crippen molar-refractivity contribution in [2.45, 2.75) is 38.0 Å². The van der Waals surface area contributed by atoms with Gasteiger partial charge in [0, 0.05) is 17.5 Å². The summed E-state index contributed by atoms with van der Waals surface area (Å²) in [4.78, 5) is 16.7. The number of nitrogens with one attached hydrogen (secondary N) is 2. The number of nitrogens with zero attached hydrogens (tertiary/aromatic N) is 1. The standard InChI is InChI=1S/C16H19N3O3S2/c1-10-3-8-14-15(9-10)23-16(18-14)19-24(21,22)13-6-4-12(5-7-13)17-11(2)20/h4-7,10H,3,8-9H2,1-2H3,(H,17,20)(H,18,19). The highest BCUT2D eigenvalue weighted by Crippen LogP contribution is 2.33. The monoisotopic (exact) mass is 365 g/mol. The molecule has 24 heavy (non-hydrogen) atoms. The van der Waals surface area contributed by atoms with Crippen LogP contribution in [0.3, 0.4) is 0 Å². The molecule has 1 aromatic heterocycles. The van der Waals surface area contributed by atoms with Gasteiger partial charge in [-0.25, -0.2) is 13.4 Å². The Morgan fingerprint density at radius 1 is 1.29 bits per heavy atom. The minimum absolute atomic E-state index is 0.137. The second kappa shape index (κ2) is 6.52. The van der Waals surface area contributed by atoms with Crippen LogP contribution in [0.2, 0.25) is 0 Å². The Balaban J connectivity index is 1.77. The second-order valence-electron chi connectivity index (χ2n) is 6.05. The van der Waals surface area contributed by atoms with Crippen molar-refractivity contribution in [3.63, 3.8) is 0 Å². The number of aromatic nitrogens is 1. The maximum Gasteiger partial charge on any atom is 0.263 e. The van der Waals surface area contributed by atoms with E-state index in [-0.39, 0.29) is 10.8 Å². The summed E-state index contributed by atoms with van der Waals surface area (Å²) in [6.07, 6.45) is 2.95. The van der Waals surface area contributed by atoms with Crippen molar-refractivity contribution in [1.29, 1.82) is 0 Å². The van der Waals surface area contributed by atoms with Crippen molar-refractivity contribution in [2.75, 3.05) is 10.0 Å². The topological polar surface area (TPSA) is 88.2 Å². The van der Waals surface area contributed by atoms with Crippen molar-refractivity contribution >= 4 is 38.1 Å². The molecule has 6 nitrogen and oxygen atoms in total. The first-order chi connectivity index (χ1) is 11.3. The van der Waals surface area contributed by atoms with Gasteiger partial charge in [0.1, 0.15) is 0 Å². The Hall–Kier alpha value is -1.93. The van der Waals surface area contributed by atoms with E-state index in [4.69, 9.17) is 0 Å². The number of carbonyl (C=O) groups excluding carboxylic acids is 1. The summed E-state index contributed by atoms with van der Waals surface area (Å²) in [5.74, 6) is 0.412. The van der Waals surface area contributed by atoms with Gasteiger partial charge in [0.15, 0.2) is 5.13 Å². The fraction of sp³-hybridized carbons (Fsp3) is 0.375. The van der Waals surface area contributed by atoms with E-state index in [1.807, 2.05) is 0 Å². The van der Waals surface area contributed by atoms with Crippen LogP contribution in [-0.2, 0) is 27.7 Å². The summed E-state index contributed by atoms with van der Waals surface area (Å²) in [6.45, 7) is 3.60. The Morgan fingerprint density at radius 3 is 2.67 bits per heavy atom. The molecule has 2 N–H and O–H groups in total. The van der Waals surface area contributed by atoms with Crippen molar-refractivity contribution in [3.05, 3.63) is 34.8 Å². The Kier molecular flexibility index (Phi) is 4.60. The minimum atomic E-state index is -3.69. The van der Waals surface area contributed by atoms with Gasteiger partial charge in [-0.2, -0.15) is 0 Å². The van der Waals surface area contributed by atoms with Gasteiger partial charge in [0.25, 0.3) is 10.0 Å². The molecule has 2 aromatic rings. The molecule has 1 unspecified atom stereocenters. The zero-order valence-corrected chi connectivity index (χ0v) is 15.1. The van der Waals surface area contributed by atoms with Crippen LogP contribution in [0.25, 0.3) is 0 Å². The van der Waals surface area contributed by atoms with E-state index in [9.17, 15) is 13.2 Å². The molecule has 0 aliphatic heterocycles. The molecule has 0 spiro atoms.